The van der Waals surface area contributed by atoms with E-state index in [0.717, 1.165) is 25.0 Å². The van der Waals surface area contributed by atoms with Crippen molar-refractivity contribution in [1.29, 1.82) is 0 Å². The van der Waals surface area contributed by atoms with E-state index in [1.165, 1.54) is 11.1 Å². The summed E-state index contributed by atoms with van der Waals surface area (Å²) in [4.78, 5) is 0. The predicted octanol–water partition coefficient (Wildman–Crippen LogP) is 5.86. The molecule has 1 aliphatic carbocycles. The van der Waals surface area contributed by atoms with Crippen molar-refractivity contribution in [2.75, 3.05) is 0 Å². The zero-order valence-corrected chi connectivity index (χ0v) is 15.1. The molecule has 2 atom stereocenters. The Hall–Kier alpha value is -0.690. The summed E-state index contributed by atoms with van der Waals surface area (Å²) in [5, 5.41) is 0.250. The molecule has 1 fully saturated rings. The van der Waals surface area contributed by atoms with Crippen LogP contribution < -0.4 is 4.74 Å². The van der Waals surface area contributed by atoms with Crippen LogP contribution in [-0.4, -0.2) is 11.5 Å². The highest BCUT2D eigenvalue weighted by Crippen LogP contribution is 2.52. The highest BCUT2D eigenvalue weighted by Gasteiger charge is 2.53. The van der Waals surface area contributed by atoms with Gasteiger partial charge in [-0.3, -0.25) is 0 Å². The Labute approximate surface area is 135 Å². The lowest BCUT2D eigenvalue weighted by Crippen LogP contribution is -2.56. The minimum atomic E-state index is 0.0915. The molecule has 0 aromatic heterocycles. The van der Waals surface area contributed by atoms with Gasteiger partial charge < -0.3 is 4.74 Å². The van der Waals surface area contributed by atoms with E-state index in [-0.39, 0.29) is 22.3 Å². The van der Waals surface area contributed by atoms with Gasteiger partial charge in [-0.15, -0.1) is 11.6 Å². The third-order valence-electron chi connectivity index (χ3n) is 5.22. The summed E-state index contributed by atoms with van der Waals surface area (Å²) in [6, 6.07) is 6.56. The van der Waals surface area contributed by atoms with E-state index in [4.69, 9.17) is 16.3 Å². The number of hydrogen-bond donors (Lipinski definition) is 0. The molecule has 0 heterocycles. The van der Waals surface area contributed by atoms with Crippen molar-refractivity contribution in [2.45, 2.75) is 77.7 Å². The summed E-state index contributed by atoms with van der Waals surface area (Å²) in [5.41, 5.74) is 2.76. The summed E-state index contributed by atoms with van der Waals surface area (Å²) in [6.45, 7) is 13.3. The lowest BCUT2D eigenvalue weighted by Gasteiger charge is -2.52. The Morgan fingerprint density at radius 2 is 1.86 bits per heavy atom. The van der Waals surface area contributed by atoms with Crippen molar-refractivity contribution in [3.8, 4) is 5.75 Å². The fourth-order valence-corrected chi connectivity index (χ4v) is 4.12. The van der Waals surface area contributed by atoms with Gasteiger partial charge in [-0.1, -0.05) is 46.8 Å². The normalized spacial score (nSPS) is 24.5. The Morgan fingerprint density at radius 1 is 1.24 bits per heavy atom. The first kappa shape index (κ1) is 16.7. The quantitative estimate of drug-likeness (QED) is 0.633. The van der Waals surface area contributed by atoms with Crippen LogP contribution in [0.4, 0.5) is 0 Å². The molecule has 0 N–H and O–H groups in total. The topological polar surface area (TPSA) is 9.23 Å². The van der Waals surface area contributed by atoms with Crippen molar-refractivity contribution in [3.05, 3.63) is 29.3 Å². The van der Waals surface area contributed by atoms with Crippen molar-refractivity contribution in [3.63, 3.8) is 0 Å². The van der Waals surface area contributed by atoms with Gasteiger partial charge in [0.15, 0.2) is 0 Å². The van der Waals surface area contributed by atoms with Gasteiger partial charge in [0.05, 0.1) is 0 Å². The molecule has 0 amide bonds. The van der Waals surface area contributed by atoms with Gasteiger partial charge in [-0.25, -0.2) is 0 Å². The fourth-order valence-electron chi connectivity index (χ4n) is 3.51. The molecule has 1 saturated carbocycles. The van der Waals surface area contributed by atoms with Crippen LogP contribution in [0.5, 0.6) is 5.75 Å². The molecule has 2 unspecified atom stereocenters. The van der Waals surface area contributed by atoms with Gasteiger partial charge in [0.2, 0.25) is 0 Å². The second kappa shape index (κ2) is 5.83. The second-order valence-electron chi connectivity index (χ2n) is 7.50. The summed E-state index contributed by atoms with van der Waals surface area (Å²) >= 11 is 6.51. The molecular weight excluding hydrogens is 280 g/mol. The average molecular weight is 309 g/mol. The molecule has 1 aliphatic rings. The lowest BCUT2D eigenvalue weighted by molar-refractivity contribution is -0.0470. The largest absolute Gasteiger partial charge is 0.489 e. The van der Waals surface area contributed by atoms with Crippen LogP contribution in [0.15, 0.2) is 18.2 Å². The predicted molar refractivity (Wildman–Crippen MR) is 91.6 cm³/mol. The highest BCUT2D eigenvalue weighted by atomic mass is 35.5. The summed E-state index contributed by atoms with van der Waals surface area (Å²) in [6.07, 6.45) is 3.37. The van der Waals surface area contributed by atoms with Crippen molar-refractivity contribution in [1.82, 2.24) is 0 Å². The van der Waals surface area contributed by atoms with Crippen LogP contribution >= 0.6 is 11.6 Å². The molecule has 118 valence electrons. The van der Waals surface area contributed by atoms with Gasteiger partial charge in [0.25, 0.3) is 0 Å². The summed E-state index contributed by atoms with van der Waals surface area (Å²) in [7, 11) is 0. The summed E-state index contributed by atoms with van der Waals surface area (Å²) in [5.74, 6) is 1.04. The maximum Gasteiger partial charge on any atom is 0.123 e. The fraction of sp³-hybridized carbons (Fsp3) is 0.684. The van der Waals surface area contributed by atoms with E-state index in [2.05, 4.69) is 59.7 Å². The number of rotatable bonds is 4. The van der Waals surface area contributed by atoms with Gasteiger partial charge in [-0.2, -0.15) is 0 Å². The van der Waals surface area contributed by atoms with Gasteiger partial charge in [0.1, 0.15) is 11.9 Å². The average Bonchev–Trinajstić information content (AvgIpc) is 2.38. The van der Waals surface area contributed by atoms with E-state index < -0.39 is 0 Å². The van der Waals surface area contributed by atoms with Crippen molar-refractivity contribution in [2.24, 2.45) is 5.41 Å². The SMILES string of the molecule is CCC1(CC)C(Cl)CC1Oc1cc(C)ccc1C(C)(C)C. The molecule has 1 nitrogen and oxygen atoms in total. The Balaban J connectivity index is 2.30. The third-order valence-corrected chi connectivity index (χ3v) is 5.83. The Kier molecular flexibility index (Phi) is 4.63. The van der Waals surface area contributed by atoms with E-state index in [0.29, 0.717) is 0 Å². The van der Waals surface area contributed by atoms with E-state index >= 15 is 0 Å². The molecule has 0 radical (unpaired) electrons. The van der Waals surface area contributed by atoms with E-state index in [9.17, 15) is 0 Å². The minimum Gasteiger partial charge on any atom is -0.489 e. The molecule has 0 aliphatic heterocycles. The van der Waals surface area contributed by atoms with Gasteiger partial charge in [-0.05, 0) is 42.4 Å². The molecule has 21 heavy (non-hydrogen) atoms. The van der Waals surface area contributed by atoms with Crippen LogP contribution in [0, 0.1) is 12.3 Å². The molecule has 0 bridgehead atoms. The smallest absolute Gasteiger partial charge is 0.123 e. The maximum atomic E-state index is 6.51. The standard InChI is InChI=1S/C19H29ClO/c1-7-19(8-2)16(20)12-17(19)21-15-11-13(3)9-10-14(15)18(4,5)6/h9-11,16-17H,7-8,12H2,1-6H3. The van der Waals surface area contributed by atoms with E-state index in [1.807, 2.05) is 0 Å². The third kappa shape index (κ3) is 2.95. The number of alkyl halides is 1. The number of hydrogen-bond acceptors (Lipinski definition) is 1. The number of benzene rings is 1. The molecular formula is C19H29ClO. The van der Waals surface area contributed by atoms with Crippen LogP contribution in [0.1, 0.15) is 65.0 Å². The molecule has 0 saturated heterocycles. The number of halogens is 1. The zero-order chi connectivity index (χ0) is 15.8. The van der Waals surface area contributed by atoms with Gasteiger partial charge in [0, 0.05) is 17.2 Å². The Morgan fingerprint density at radius 3 is 2.33 bits per heavy atom. The summed E-state index contributed by atoms with van der Waals surface area (Å²) < 4.78 is 6.47. The monoisotopic (exact) mass is 308 g/mol. The van der Waals surface area contributed by atoms with E-state index in [1.54, 1.807) is 0 Å². The highest BCUT2D eigenvalue weighted by molar-refractivity contribution is 6.21. The first-order chi connectivity index (χ1) is 9.74. The maximum absolute atomic E-state index is 6.51. The molecule has 2 heteroatoms. The molecule has 1 aromatic carbocycles. The number of ether oxygens (including phenoxy) is 1. The minimum absolute atomic E-state index is 0.0915. The van der Waals surface area contributed by atoms with Crippen LogP contribution in [0.3, 0.4) is 0 Å². The van der Waals surface area contributed by atoms with Crippen LogP contribution in [-0.2, 0) is 5.41 Å². The van der Waals surface area contributed by atoms with Crippen molar-refractivity contribution < 1.29 is 4.74 Å². The van der Waals surface area contributed by atoms with Crippen LogP contribution in [0.25, 0.3) is 0 Å². The van der Waals surface area contributed by atoms with Crippen molar-refractivity contribution >= 4 is 11.6 Å². The number of aryl methyl sites for hydroxylation is 1. The van der Waals surface area contributed by atoms with Crippen LogP contribution in [0.2, 0.25) is 0 Å². The molecule has 1 aromatic rings. The molecule has 2 rings (SSSR count). The van der Waals surface area contributed by atoms with Gasteiger partial charge >= 0.3 is 0 Å². The molecule has 0 spiro atoms. The second-order valence-corrected chi connectivity index (χ2v) is 8.03. The first-order valence-corrected chi connectivity index (χ1v) is 8.60. The first-order valence-electron chi connectivity index (χ1n) is 8.16. The lowest BCUT2D eigenvalue weighted by atomic mass is 9.62. The zero-order valence-electron chi connectivity index (χ0n) is 14.3. The Bertz CT molecular complexity index is 497.